The van der Waals surface area contributed by atoms with E-state index in [0.717, 1.165) is 32.7 Å². The highest BCUT2D eigenvalue weighted by atomic mass is 16.2. The van der Waals surface area contributed by atoms with Gasteiger partial charge in [0, 0.05) is 38.8 Å². The largest absolute Gasteiger partial charge is 0.339 e. The molecule has 0 aliphatic carbocycles. The molecule has 2 saturated heterocycles. The van der Waals surface area contributed by atoms with Crippen molar-refractivity contribution < 1.29 is 4.79 Å². The molecule has 2 fully saturated rings. The maximum atomic E-state index is 12.1. The zero-order valence-corrected chi connectivity index (χ0v) is 10.2. The molecule has 2 aliphatic rings. The Morgan fingerprint density at radius 3 is 2.69 bits per heavy atom. The van der Waals surface area contributed by atoms with Gasteiger partial charge in [0.25, 0.3) is 0 Å². The average Bonchev–Trinajstić information content (AvgIpc) is 2.31. The number of hydrogen-bond donors (Lipinski definition) is 1. The molecule has 1 atom stereocenters. The summed E-state index contributed by atoms with van der Waals surface area (Å²) in [6.07, 6.45) is 3.63. The third kappa shape index (κ3) is 2.95. The van der Waals surface area contributed by atoms with Crippen LogP contribution in [0.2, 0.25) is 0 Å². The van der Waals surface area contributed by atoms with Crippen molar-refractivity contribution in [3.63, 3.8) is 0 Å². The zero-order chi connectivity index (χ0) is 11.4. The highest BCUT2D eigenvalue weighted by Gasteiger charge is 2.24. The Balaban J connectivity index is 1.81. The van der Waals surface area contributed by atoms with Crippen LogP contribution in [0.4, 0.5) is 0 Å². The normalized spacial score (nSPS) is 28.1. The standard InChI is InChI=1S/C12H23N3O/c1-11-4-2-3-7-15(11)12(16)10-14-8-5-13-6-9-14/h11,13H,2-10H2,1H3. The molecular formula is C12H23N3O. The fourth-order valence-corrected chi connectivity index (χ4v) is 2.62. The second kappa shape index (κ2) is 5.64. The lowest BCUT2D eigenvalue weighted by Gasteiger charge is -2.36. The highest BCUT2D eigenvalue weighted by Crippen LogP contribution is 2.16. The average molecular weight is 225 g/mol. The predicted octanol–water partition coefficient (Wildman–Crippen LogP) is 0.293. The van der Waals surface area contributed by atoms with Gasteiger partial charge in [0.15, 0.2) is 0 Å². The van der Waals surface area contributed by atoms with Crippen LogP contribution in [-0.2, 0) is 4.79 Å². The summed E-state index contributed by atoms with van der Waals surface area (Å²) >= 11 is 0. The molecule has 1 N–H and O–H groups in total. The van der Waals surface area contributed by atoms with Gasteiger partial charge in [0.1, 0.15) is 0 Å². The third-order valence-electron chi connectivity index (χ3n) is 3.69. The van der Waals surface area contributed by atoms with Crippen LogP contribution in [0.25, 0.3) is 0 Å². The Hall–Kier alpha value is -0.610. The number of nitrogens with one attached hydrogen (secondary N) is 1. The van der Waals surface area contributed by atoms with Crippen LogP contribution in [0.15, 0.2) is 0 Å². The number of likely N-dealkylation sites (tertiary alicyclic amines) is 1. The molecular weight excluding hydrogens is 202 g/mol. The summed E-state index contributed by atoms with van der Waals surface area (Å²) in [7, 11) is 0. The van der Waals surface area contributed by atoms with Gasteiger partial charge in [-0.3, -0.25) is 9.69 Å². The van der Waals surface area contributed by atoms with E-state index < -0.39 is 0 Å². The maximum absolute atomic E-state index is 12.1. The van der Waals surface area contributed by atoms with Gasteiger partial charge < -0.3 is 10.2 Å². The van der Waals surface area contributed by atoms with E-state index in [2.05, 4.69) is 22.0 Å². The number of carbonyl (C=O) groups is 1. The van der Waals surface area contributed by atoms with Gasteiger partial charge >= 0.3 is 0 Å². The molecule has 0 aromatic carbocycles. The number of amides is 1. The Bertz CT molecular complexity index is 238. The van der Waals surface area contributed by atoms with Crippen molar-refractivity contribution in [1.82, 2.24) is 15.1 Å². The van der Waals surface area contributed by atoms with Crippen LogP contribution in [0.5, 0.6) is 0 Å². The molecule has 16 heavy (non-hydrogen) atoms. The van der Waals surface area contributed by atoms with Gasteiger partial charge in [-0.2, -0.15) is 0 Å². The number of piperidine rings is 1. The van der Waals surface area contributed by atoms with E-state index in [0.29, 0.717) is 18.5 Å². The number of piperazine rings is 1. The first-order chi connectivity index (χ1) is 7.77. The zero-order valence-electron chi connectivity index (χ0n) is 10.2. The molecule has 1 unspecified atom stereocenters. The molecule has 0 aromatic heterocycles. The number of rotatable bonds is 2. The van der Waals surface area contributed by atoms with Crippen molar-refractivity contribution in [3.05, 3.63) is 0 Å². The SMILES string of the molecule is CC1CCCCN1C(=O)CN1CCNCC1. The number of hydrogen-bond acceptors (Lipinski definition) is 3. The van der Waals surface area contributed by atoms with Crippen molar-refractivity contribution in [1.29, 1.82) is 0 Å². The van der Waals surface area contributed by atoms with Gasteiger partial charge in [-0.1, -0.05) is 0 Å². The lowest BCUT2D eigenvalue weighted by molar-refractivity contribution is -0.135. The van der Waals surface area contributed by atoms with E-state index in [9.17, 15) is 4.79 Å². The minimum Gasteiger partial charge on any atom is -0.339 e. The van der Waals surface area contributed by atoms with Crippen LogP contribution < -0.4 is 5.32 Å². The lowest BCUT2D eigenvalue weighted by Crippen LogP contribution is -2.51. The predicted molar refractivity (Wildman–Crippen MR) is 64.3 cm³/mol. The molecule has 2 aliphatic heterocycles. The summed E-state index contributed by atoms with van der Waals surface area (Å²) in [5.41, 5.74) is 0. The molecule has 0 aromatic rings. The van der Waals surface area contributed by atoms with Crippen LogP contribution >= 0.6 is 0 Å². The van der Waals surface area contributed by atoms with Gasteiger partial charge in [0.2, 0.25) is 5.91 Å². The second-order valence-corrected chi connectivity index (χ2v) is 4.96. The minimum absolute atomic E-state index is 0.328. The first-order valence-corrected chi connectivity index (χ1v) is 6.50. The Kier molecular flexibility index (Phi) is 4.18. The van der Waals surface area contributed by atoms with Crippen molar-refractivity contribution in [2.45, 2.75) is 32.2 Å². The lowest BCUT2D eigenvalue weighted by atomic mass is 10.0. The number of nitrogens with zero attached hydrogens (tertiary/aromatic N) is 2. The van der Waals surface area contributed by atoms with Crippen molar-refractivity contribution >= 4 is 5.91 Å². The highest BCUT2D eigenvalue weighted by molar-refractivity contribution is 5.78. The fraction of sp³-hybridized carbons (Fsp3) is 0.917. The summed E-state index contributed by atoms with van der Waals surface area (Å²) in [5, 5.41) is 3.31. The van der Waals surface area contributed by atoms with Crippen LogP contribution in [0, 0.1) is 0 Å². The third-order valence-corrected chi connectivity index (χ3v) is 3.69. The summed E-state index contributed by atoms with van der Waals surface area (Å²) in [4.78, 5) is 16.5. The van der Waals surface area contributed by atoms with E-state index >= 15 is 0 Å². The van der Waals surface area contributed by atoms with Gasteiger partial charge in [-0.05, 0) is 26.2 Å². The first-order valence-electron chi connectivity index (χ1n) is 6.50. The van der Waals surface area contributed by atoms with Crippen LogP contribution in [0.1, 0.15) is 26.2 Å². The van der Waals surface area contributed by atoms with Gasteiger partial charge in [0.05, 0.1) is 6.54 Å². The summed E-state index contributed by atoms with van der Waals surface area (Å²) in [6, 6.07) is 0.448. The summed E-state index contributed by atoms with van der Waals surface area (Å²) < 4.78 is 0. The Morgan fingerprint density at radius 1 is 1.25 bits per heavy atom. The molecule has 0 saturated carbocycles. The van der Waals surface area contributed by atoms with Gasteiger partial charge in [-0.15, -0.1) is 0 Å². The molecule has 0 spiro atoms. The van der Waals surface area contributed by atoms with Crippen LogP contribution in [0.3, 0.4) is 0 Å². The van der Waals surface area contributed by atoms with E-state index in [1.165, 1.54) is 19.3 Å². The molecule has 92 valence electrons. The monoisotopic (exact) mass is 225 g/mol. The molecule has 4 heteroatoms. The smallest absolute Gasteiger partial charge is 0.236 e. The summed E-state index contributed by atoms with van der Waals surface area (Å²) in [5.74, 6) is 0.328. The Labute approximate surface area is 98.0 Å². The van der Waals surface area contributed by atoms with E-state index in [1.54, 1.807) is 0 Å². The molecule has 0 bridgehead atoms. The molecule has 2 rings (SSSR count). The second-order valence-electron chi connectivity index (χ2n) is 4.96. The van der Waals surface area contributed by atoms with Gasteiger partial charge in [-0.25, -0.2) is 0 Å². The maximum Gasteiger partial charge on any atom is 0.236 e. The molecule has 4 nitrogen and oxygen atoms in total. The Morgan fingerprint density at radius 2 is 2.00 bits per heavy atom. The quantitative estimate of drug-likeness (QED) is 0.734. The van der Waals surface area contributed by atoms with E-state index in [-0.39, 0.29) is 0 Å². The van der Waals surface area contributed by atoms with E-state index in [1.807, 2.05) is 0 Å². The first kappa shape index (κ1) is 11.9. The molecule has 0 radical (unpaired) electrons. The molecule has 1 amide bonds. The number of carbonyl (C=O) groups excluding carboxylic acids is 1. The van der Waals surface area contributed by atoms with Crippen molar-refractivity contribution in [3.8, 4) is 0 Å². The van der Waals surface area contributed by atoms with Crippen molar-refractivity contribution in [2.75, 3.05) is 39.3 Å². The topological polar surface area (TPSA) is 35.6 Å². The summed E-state index contributed by atoms with van der Waals surface area (Å²) in [6.45, 7) is 7.81. The van der Waals surface area contributed by atoms with Crippen molar-refractivity contribution in [2.24, 2.45) is 0 Å². The molecule has 2 heterocycles. The van der Waals surface area contributed by atoms with E-state index in [4.69, 9.17) is 0 Å². The minimum atomic E-state index is 0.328. The fourth-order valence-electron chi connectivity index (χ4n) is 2.62. The van der Waals surface area contributed by atoms with Crippen LogP contribution in [-0.4, -0.2) is 61.0 Å².